The Morgan fingerprint density at radius 2 is 1.60 bits per heavy atom. The number of alkyl carbamates (subject to hydrolysis) is 1. The van der Waals surface area contributed by atoms with Crippen LogP contribution in [0.1, 0.15) is 62.0 Å². The second-order valence-corrected chi connectivity index (χ2v) is 10.2. The number of carboxylic acids is 1. The van der Waals surface area contributed by atoms with E-state index in [1.807, 2.05) is 24.3 Å². The van der Waals surface area contributed by atoms with Crippen molar-refractivity contribution in [1.29, 1.82) is 0 Å². The van der Waals surface area contributed by atoms with Crippen LogP contribution in [0.25, 0.3) is 11.1 Å². The zero-order valence-corrected chi connectivity index (χ0v) is 19.8. The Bertz CT molecular complexity index is 1080. The molecule has 2 saturated carbocycles. The van der Waals surface area contributed by atoms with E-state index in [2.05, 4.69) is 34.9 Å². The standard InChI is InChI=1S/C28H32N2O5/c31-25(29-17-28(26(32)33)13-6-14-28)15-18-7-5-12-24(18)30-27(34)35-16-23-21-10-3-1-8-19(21)20-9-2-4-11-22(20)23/h1-4,8-11,18,23-24H,5-7,12-17H2,(H,29,31)(H,30,34)(H,32,33)/t18-,24+/m0/s1. The van der Waals surface area contributed by atoms with Crippen molar-refractivity contribution in [2.45, 2.75) is 56.9 Å². The van der Waals surface area contributed by atoms with E-state index in [4.69, 9.17) is 4.74 Å². The van der Waals surface area contributed by atoms with Gasteiger partial charge in [-0.2, -0.15) is 0 Å². The number of ether oxygens (including phenoxy) is 1. The summed E-state index contributed by atoms with van der Waals surface area (Å²) in [5.41, 5.74) is 3.91. The summed E-state index contributed by atoms with van der Waals surface area (Å²) in [4.78, 5) is 36.7. The number of fused-ring (bicyclic) bond motifs is 3. The fourth-order valence-electron chi connectivity index (χ4n) is 5.91. The van der Waals surface area contributed by atoms with Crippen molar-refractivity contribution in [3.63, 3.8) is 0 Å². The van der Waals surface area contributed by atoms with Crippen LogP contribution in [0, 0.1) is 11.3 Å². The Morgan fingerprint density at radius 1 is 0.943 bits per heavy atom. The van der Waals surface area contributed by atoms with Gasteiger partial charge in [0.1, 0.15) is 6.61 Å². The summed E-state index contributed by atoms with van der Waals surface area (Å²) < 4.78 is 5.68. The van der Waals surface area contributed by atoms with Gasteiger partial charge < -0.3 is 20.5 Å². The van der Waals surface area contributed by atoms with Gasteiger partial charge in [0, 0.05) is 24.9 Å². The highest BCUT2D eigenvalue weighted by atomic mass is 16.5. The number of benzene rings is 2. The molecule has 7 heteroatoms. The molecule has 0 unspecified atom stereocenters. The van der Waals surface area contributed by atoms with Crippen LogP contribution in [0.5, 0.6) is 0 Å². The van der Waals surface area contributed by atoms with Gasteiger partial charge in [0.15, 0.2) is 0 Å². The third-order valence-corrected chi connectivity index (χ3v) is 8.14. The second kappa shape index (κ2) is 9.72. The van der Waals surface area contributed by atoms with Crippen molar-refractivity contribution in [2.24, 2.45) is 11.3 Å². The molecule has 2 atom stereocenters. The molecule has 0 aromatic heterocycles. The summed E-state index contributed by atoms with van der Waals surface area (Å²) in [5, 5.41) is 15.3. The average Bonchev–Trinajstić information content (AvgIpc) is 3.38. The lowest BCUT2D eigenvalue weighted by Crippen LogP contribution is -2.48. The molecule has 0 radical (unpaired) electrons. The maximum absolute atomic E-state index is 12.7. The highest BCUT2D eigenvalue weighted by Gasteiger charge is 2.44. The van der Waals surface area contributed by atoms with Gasteiger partial charge in [0.25, 0.3) is 0 Å². The fraction of sp³-hybridized carbons (Fsp3) is 0.464. The smallest absolute Gasteiger partial charge is 0.407 e. The lowest BCUT2D eigenvalue weighted by atomic mass is 9.69. The molecule has 3 aliphatic rings. The number of aliphatic carboxylic acids is 1. The molecule has 0 bridgehead atoms. The van der Waals surface area contributed by atoms with Crippen LogP contribution in [0.4, 0.5) is 4.79 Å². The molecule has 0 spiro atoms. The first-order valence-corrected chi connectivity index (χ1v) is 12.6. The number of rotatable bonds is 8. The van der Waals surface area contributed by atoms with E-state index >= 15 is 0 Å². The van der Waals surface area contributed by atoms with E-state index in [-0.39, 0.29) is 43.4 Å². The molecule has 184 valence electrons. The second-order valence-electron chi connectivity index (χ2n) is 10.2. The molecule has 5 rings (SSSR count). The number of amides is 2. The molecular formula is C28H32N2O5. The van der Waals surface area contributed by atoms with Crippen molar-refractivity contribution in [1.82, 2.24) is 10.6 Å². The van der Waals surface area contributed by atoms with Gasteiger partial charge >= 0.3 is 12.1 Å². The molecule has 7 nitrogen and oxygen atoms in total. The number of carbonyl (C=O) groups is 3. The van der Waals surface area contributed by atoms with Crippen molar-refractivity contribution < 1.29 is 24.2 Å². The third-order valence-electron chi connectivity index (χ3n) is 8.14. The van der Waals surface area contributed by atoms with E-state index in [9.17, 15) is 19.5 Å². The predicted octanol–water partition coefficient (Wildman–Crippen LogP) is 4.46. The largest absolute Gasteiger partial charge is 0.481 e. The first-order valence-electron chi connectivity index (χ1n) is 12.6. The number of nitrogens with one attached hydrogen (secondary N) is 2. The van der Waals surface area contributed by atoms with Crippen LogP contribution in [0.2, 0.25) is 0 Å². The maximum atomic E-state index is 12.7. The van der Waals surface area contributed by atoms with Crippen LogP contribution >= 0.6 is 0 Å². The molecule has 0 heterocycles. The summed E-state index contributed by atoms with van der Waals surface area (Å²) in [6.45, 7) is 0.438. The molecule has 3 N–H and O–H groups in total. The minimum Gasteiger partial charge on any atom is -0.481 e. The first-order chi connectivity index (χ1) is 17.0. The maximum Gasteiger partial charge on any atom is 0.407 e. The van der Waals surface area contributed by atoms with E-state index in [0.29, 0.717) is 12.8 Å². The minimum atomic E-state index is -0.834. The van der Waals surface area contributed by atoms with Crippen LogP contribution in [-0.2, 0) is 14.3 Å². The van der Waals surface area contributed by atoms with Gasteiger partial charge in [-0.3, -0.25) is 9.59 Å². The van der Waals surface area contributed by atoms with Gasteiger partial charge in [-0.25, -0.2) is 4.79 Å². The summed E-state index contributed by atoms with van der Waals surface area (Å²) in [6.07, 6.45) is 4.53. The molecule has 2 amide bonds. The van der Waals surface area contributed by atoms with Crippen molar-refractivity contribution >= 4 is 18.0 Å². The molecule has 2 aromatic carbocycles. The normalized spacial score (nSPS) is 21.9. The van der Waals surface area contributed by atoms with Crippen molar-refractivity contribution in [3.05, 3.63) is 59.7 Å². The van der Waals surface area contributed by atoms with E-state index < -0.39 is 17.5 Å². The monoisotopic (exact) mass is 476 g/mol. The molecule has 2 aromatic rings. The quantitative estimate of drug-likeness (QED) is 0.522. The van der Waals surface area contributed by atoms with E-state index in [0.717, 1.165) is 25.7 Å². The van der Waals surface area contributed by atoms with Gasteiger partial charge in [0.2, 0.25) is 5.91 Å². The van der Waals surface area contributed by atoms with Gasteiger partial charge in [-0.05, 0) is 53.9 Å². The SMILES string of the molecule is O=C(C[C@@H]1CCC[C@H]1NC(=O)OCC1c2ccccc2-c2ccccc21)NCC1(C(=O)O)CCC1. The van der Waals surface area contributed by atoms with Crippen molar-refractivity contribution in [2.75, 3.05) is 13.2 Å². The zero-order chi connectivity index (χ0) is 24.4. The Balaban J connectivity index is 1.13. The van der Waals surface area contributed by atoms with Gasteiger partial charge in [-0.1, -0.05) is 61.4 Å². The minimum absolute atomic E-state index is 0.00589. The molecule has 0 saturated heterocycles. The molecule has 35 heavy (non-hydrogen) atoms. The highest BCUT2D eigenvalue weighted by Crippen LogP contribution is 2.44. The third kappa shape index (κ3) is 4.64. The molecular weight excluding hydrogens is 444 g/mol. The molecule has 0 aliphatic heterocycles. The van der Waals surface area contributed by atoms with Gasteiger partial charge in [-0.15, -0.1) is 0 Å². The summed E-state index contributed by atoms with van der Waals surface area (Å²) in [7, 11) is 0. The van der Waals surface area contributed by atoms with Crippen LogP contribution in [0.15, 0.2) is 48.5 Å². The highest BCUT2D eigenvalue weighted by molar-refractivity contribution is 5.80. The predicted molar refractivity (Wildman–Crippen MR) is 131 cm³/mol. The van der Waals surface area contributed by atoms with Crippen LogP contribution in [0.3, 0.4) is 0 Å². The summed E-state index contributed by atoms with van der Waals surface area (Å²) in [5.74, 6) is -0.951. The summed E-state index contributed by atoms with van der Waals surface area (Å²) in [6, 6.07) is 16.3. The number of hydrogen-bond donors (Lipinski definition) is 3. The fourth-order valence-corrected chi connectivity index (χ4v) is 5.91. The lowest BCUT2D eigenvalue weighted by Gasteiger charge is -2.37. The van der Waals surface area contributed by atoms with Crippen molar-refractivity contribution in [3.8, 4) is 11.1 Å². The Labute approximate surface area is 205 Å². The Morgan fingerprint density at radius 3 is 2.20 bits per heavy atom. The number of carbonyl (C=O) groups excluding carboxylic acids is 2. The molecule has 2 fully saturated rings. The average molecular weight is 477 g/mol. The van der Waals surface area contributed by atoms with E-state index in [1.54, 1.807) is 0 Å². The van der Waals surface area contributed by atoms with Gasteiger partial charge in [0.05, 0.1) is 5.41 Å². The number of hydrogen-bond acceptors (Lipinski definition) is 4. The number of carboxylic acid groups (broad SMARTS) is 1. The first kappa shape index (κ1) is 23.4. The lowest BCUT2D eigenvalue weighted by molar-refractivity contribution is -0.154. The van der Waals surface area contributed by atoms with E-state index in [1.165, 1.54) is 22.3 Å². The molecule has 3 aliphatic carbocycles. The topological polar surface area (TPSA) is 105 Å². The Kier molecular flexibility index (Phi) is 6.50. The zero-order valence-electron chi connectivity index (χ0n) is 19.8. The van der Waals surface area contributed by atoms with Crippen LogP contribution < -0.4 is 10.6 Å². The van der Waals surface area contributed by atoms with Crippen LogP contribution in [-0.4, -0.2) is 42.3 Å². The summed E-state index contributed by atoms with van der Waals surface area (Å²) >= 11 is 0. The Hall–Kier alpha value is -3.35.